The van der Waals surface area contributed by atoms with Gasteiger partial charge in [-0.1, -0.05) is 54.6 Å². The lowest BCUT2D eigenvalue weighted by Gasteiger charge is -2.19. The highest BCUT2D eigenvalue weighted by atomic mass is 31.2. The summed E-state index contributed by atoms with van der Waals surface area (Å²) in [5.74, 6) is 2.23. The van der Waals surface area contributed by atoms with Gasteiger partial charge in [-0.25, -0.2) is 0 Å². The summed E-state index contributed by atoms with van der Waals surface area (Å²) in [7, 11) is -1.62. The fraction of sp³-hybridized carbons (Fsp3) is 0.100. The quantitative estimate of drug-likeness (QED) is 0.511. The third kappa shape index (κ3) is 4.27. The first-order valence-corrected chi connectivity index (χ1v) is 8.82. The van der Waals surface area contributed by atoms with Crippen LogP contribution in [0.5, 0.6) is 17.2 Å². The van der Waals surface area contributed by atoms with E-state index in [0.717, 1.165) is 22.6 Å². The fourth-order valence-corrected chi connectivity index (χ4v) is 3.24. The highest BCUT2D eigenvalue weighted by molar-refractivity contribution is 7.43. The minimum absolute atomic E-state index is 0.714. The maximum absolute atomic E-state index is 6.03. The molecule has 3 aromatic rings. The summed E-state index contributed by atoms with van der Waals surface area (Å²) in [5, 5.41) is 0. The third-order valence-corrected chi connectivity index (χ3v) is 4.51. The zero-order valence-electron chi connectivity index (χ0n) is 13.7. The molecule has 0 unspecified atom stereocenters. The Bertz CT molecular complexity index is 742. The monoisotopic (exact) mass is 338 g/mol. The zero-order valence-corrected chi connectivity index (χ0v) is 14.6. The predicted octanol–water partition coefficient (Wildman–Crippen LogP) is 6.07. The Morgan fingerprint density at radius 3 is 1.50 bits per heavy atom. The molecule has 3 rings (SSSR count). The van der Waals surface area contributed by atoms with Gasteiger partial charge in [0.1, 0.15) is 17.2 Å². The summed E-state index contributed by atoms with van der Waals surface area (Å²) < 4.78 is 18.0. The van der Waals surface area contributed by atoms with Crippen LogP contribution in [0.2, 0.25) is 0 Å². The molecule has 24 heavy (non-hydrogen) atoms. The van der Waals surface area contributed by atoms with Crippen molar-refractivity contribution in [3.8, 4) is 17.2 Å². The van der Waals surface area contributed by atoms with E-state index in [0.29, 0.717) is 5.75 Å². The van der Waals surface area contributed by atoms with E-state index in [1.165, 1.54) is 0 Å². The van der Waals surface area contributed by atoms with Crippen molar-refractivity contribution in [3.05, 3.63) is 90.0 Å². The van der Waals surface area contributed by atoms with Crippen molar-refractivity contribution in [1.29, 1.82) is 0 Å². The first-order chi connectivity index (χ1) is 11.7. The summed E-state index contributed by atoms with van der Waals surface area (Å²) in [6, 6.07) is 25.2. The van der Waals surface area contributed by atoms with Crippen LogP contribution in [0.25, 0.3) is 0 Å². The number of hydrogen-bond donors (Lipinski definition) is 0. The highest BCUT2D eigenvalue weighted by Crippen LogP contribution is 2.43. The van der Waals surface area contributed by atoms with Crippen molar-refractivity contribution in [1.82, 2.24) is 0 Å². The Hall–Kier alpha value is -2.51. The lowest BCUT2D eigenvalue weighted by molar-refractivity contribution is 0.386. The van der Waals surface area contributed by atoms with E-state index in [1.54, 1.807) is 0 Å². The van der Waals surface area contributed by atoms with Gasteiger partial charge in [0.2, 0.25) is 0 Å². The van der Waals surface area contributed by atoms with Gasteiger partial charge in [-0.05, 0) is 49.2 Å². The van der Waals surface area contributed by atoms with Crippen LogP contribution in [0.4, 0.5) is 0 Å². The van der Waals surface area contributed by atoms with E-state index < -0.39 is 8.60 Å². The molecule has 0 aromatic heterocycles. The molecule has 0 heterocycles. The largest absolute Gasteiger partial charge is 0.530 e. The summed E-state index contributed by atoms with van der Waals surface area (Å²) in [6.07, 6.45) is 0. The molecule has 0 N–H and O–H groups in total. The van der Waals surface area contributed by atoms with Gasteiger partial charge in [-0.3, -0.25) is 0 Å². The Balaban J connectivity index is 1.83. The van der Waals surface area contributed by atoms with Crippen molar-refractivity contribution in [2.24, 2.45) is 0 Å². The maximum atomic E-state index is 6.03. The standard InChI is InChI=1S/C20H19O3P/c1-16-10-6-8-14-19(16)22-24(21-18-12-4-3-5-13-18)23-20-15-9-7-11-17(20)2/h3-15H,1-2H3. The van der Waals surface area contributed by atoms with Crippen molar-refractivity contribution >= 4 is 8.60 Å². The van der Waals surface area contributed by atoms with Crippen LogP contribution in [0.15, 0.2) is 78.9 Å². The Labute approximate surface area is 143 Å². The van der Waals surface area contributed by atoms with Crippen LogP contribution in [0.3, 0.4) is 0 Å². The van der Waals surface area contributed by atoms with Gasteiger partial charge in [0.25, 0.3) is 0 Å². The smallest absolute Gasteiger partial charge is 0.409 e. The van der Waals surface area contributed by atoms with Gasteiger partial charge in [0, 0.05) is 0 Å². The molecule has 0 atom stereocenters. The second-order valence-corrected chi connectivity index (χ2v) is 6.34. The molecular formula is C20H19O3P. The normalized spacial score (nSPS) is 10.5. The number of hydrogen-bond acceptors (Lipinski definition) is 3. The van der Waals surface area contributed by atoms with E-state index in [4.69, 9.17) is 13.6 Å². The second-order valence-electron chi connectivity index (χ2n) is 5.34. The highest BCUT2D eigenvalue weighted by Gasteiger charge is 2.21. The molecule has 0 aliphatic carbocycles. The Morgan fingerprint density at radius 1 is 0.542 bits per heavy atom. The molecule has 0 amide bonds. The van der Waals surface area contributed by atoms with Gasteiger partial charge >= 0.3 is 8.60 Å². The van der Waals surface area contributed by atoms with Crippen molar-refractivity contribution in [2.45, 2.75) is 13.8 Å². The molecule has 0 spiro atoms. The van der Waals surface area contributed by atoms with E-state index >= 15 is 0 Å². The molecule has 0 aliphatic rings. The van der Waals surface area contributed by atoms with Crippen molar-refractivity contribution in [2.75, 3.05) is 0 Å². The molecule has 0 aliphatic heterocycles. The average Bonchev–Trinajstić information content (AvgIpc) is 2.60. The Morgan fingerprint density at radius 2 is 1.00 bits per heavy atom. The molecule has 0 saturated carbocycles. The molecule has 0 fully saturated rings. The van der Waals surface area contributed by atoms with E-state index in [1.807, 2.05) is 92.7 Å². The maximum Gasteiger partial charge on any atom is 0.530 e. The molecule has 0 saturated heterocycles. The van der Waals surface area contributed by atoms with Crippen LogP contribution in [-0.2, 0) is 0 Å². The summed E-state index contributed by atoms with van der Waals surface area (Å²) in [4.78, 5) is 0. The Kier molecular flexibility index (Phi) is 5.35. The topological polar surface area (TPSA) is 27.7 Å². The number of aryl methyl sites for hydroxylation is 2. The van der Waals surface area contributed by atoms with Gasteiger partial charge in [0.15, 0.2) is 0 Å². The van der Waals surface area contributed by atoms with Crippen molar-refractivity contribution < 1.29 is 13.6 Å². The molecular weight excluding hydrogens is 319 g/mol. The second kappa shape index (κ2) is 7.85. The third-order valence-electron chi connectivity index (χ3n) is 3.46. The van der Waals surface area contributed by atoms with Crippen LogP contribution in [0, 0.1) is 13.8 Å². The summed E-state index contributed by atoms with van der Waals surface area (Å²) in [5.41, 5.74) is 2.07. The first kappa shape index (κ1) is 16.4. The molecule has 3 aromatic carbocycles. The molecule has 122 valence electrons. The number of benzene rings is 3. The van der Waals surface area contributed by atoms with Crippen LogP contribution < -0.4 is 13.6 Å². The number of rotatable bonds is 6. The zero-order chi connectivity index (χ0) is 16.8. The molecule has 3 nitrogen and oxygen atoms in total. The van der Waals surface area contributed by atoms with Crippen LogP contribution in [-0.4, -0.2) is 0 Å². The predicted molar refractivity (Wildman–Crippen MR) is 97.6 cm³/mol. The SMILES string of the molecule is Cc1ccccc1OP(Oc1ccccc1)Oc1ccccc1C. The molecule has 0 bridgehead atoms. The molecule has 4 heteroatoms. The first-order valence-electron chi connectivity index (χ1n) is 7.73. The van der Waals surface area contributed by atoms with Crippen LogP contribution in [0.1, 0.15) is 11.1 Å². The van der Waals surface area contributed by atoms with Crippen molar-refractivity contribution in [3.63, 3.8) is 0 Å². The minimum atomic E-state index is -1.62. The lowest BCUT2D eigenvalue weighted by atomic mass is 10.2. The van der Waals surface area contributed by atoms with Gasteiger partial charge in [0.05, 0.1) is 0 Å². The van der Waals surface area contributed by atoms with E-state index in [9.17, 15) is 0 Å². The molecule has 0 radical (unpaired) electrons. The van der Waals surface area contributed by atoms with E-state index in [-0.39, 0.29) is 0 Å². The summed E-state index contributed by atoms with van der Waals surface area (Å²) in [6.45, 7) is 4.00. The van der Waals surface area contributed by atoms with E-state index in [2.05, 4.69) is 0 Å². The minimum Gasteiger partial charge on any atom is -0.409 e. The fourth-order valence-electron chi connectivity index (χ4n) is 2.10. The van der Waals surface area contributed by atoms with Gasteiger partial charge in [-0.2, -0.15) is 0 Å². The van der Waals surface area contributed by atoms with Gasteiger partial charge < -0.3 is 13.6 Å². The van der Waals surface area contributed by atoms with Gasteiger partial charge in [-0.15, -0.1) is 0 Å². The summed E-state index contributed by atoms with van der Waals surface area (Å²) >= 11 is 0. The van der Waals surface area contributed by atoms with Crippen LogP contribution >= 0.6 is 8.60 Å². The average molecular weight is 338 g/mol. The lowest BCUT2D eigenvalue weighted by Crippen LogP contribution is -2.03. The number of para-hydroxylation sites is 3.